The molecule has 0 saturated carbocycles. The Bertz CT molecular complexity index is 1400. The second kappa shape index (κ2) is 8.05. The molecule has 150 valence electrons. The van der Waals surface area contributed by atoms with Gasteiger partial charge in [-0.05, 0) is 49.4 Å². The zero-order chi connectivity index (χ0) is 21.1. The highest BCUT2D eigenvalue weighted by molar-refractivity contribution is 7.92. The van der Waals surface area contributed by atoms with E-state index in [1.165, 1.54) is 29.2 Å². The molecule has 11 heteroatoms. The number of anilines is 1. The normalized spacial score (nSPS) is 11.8. The summed E-state index contributed by atoms with van der Waals surface area (Å²) in [6.45, 7) is 1.81. The molecule has 0 aliphatic heterocycles. The third kappa shape index (κ3) is 4.07. The quantitative estimate of drug-likeness (QED) is 0.369. The summed E-state index contributed by atoms with van der Waals surface area (Å²) in [5.41, 5.74) is 2.60. The number of nitrogens with zero attached hydrogens (tertiary/aromatic N) is 6. The Morgan fingerprint density at radius 3 is 2.43 bits per heavy atom. The Hall–Kier alpha value is -3.57. The van der Waals surface area contributed by atoms with Crippen molar-refractivity contribution in [3.8, 4) is 0 Å². The van der Waals surface area contributed by atoms with Crippen LogP contribution in [0, 0.1) is 11.6 Å². The van der Waals surface area contributed by atoms with E-state index in [4.69, 9.17) is 12.2 Å². The second-order valence-electron chi connectivity index (χ2n) is 6.16. The molecule has 0 aliphatic carbocycles. The number of nitrogens with one attached hydrogen (secondary N) is 1. The predicted molar refractivity (Wildman–Crippen MR) is 115 cm³/mol. The highest BCUT2D eigenvalue weighted by Crippen LogP contribution is 2.20. The van der Waals surface area contributed by atoms with Crippen LogP contribution >= 0.6 is 12.2 Å². The van der Waals surface area contributed by atoms with Crippen LogP contribution in [0.4, 0.5) is 11.6 Å². The summed E-state index contributed by atoms with van der Waals surface area (Å²) in [6.07, 6.45) is 2.90. The van der Waals surface area contributed by atoms with Gasteiger partial charge >= 0.3 is 0 Å². The molecule has 0 spiro atoms. The van der Waals surface area contributed by atoms with Crippen molar-refractivity contribution in [1.82, 2.24) is 19.6 Å². The Balaban J connectivity index is 1.62. The Kier molecular flexibility index (Phi) is 5.29. The van der Waals surface area contributed by atoms with Gasteiger partial charge in [-0.25, -0.2) is 32.8 Å². The predicted octanol–water partition coefficient (Wildman–Crippen LogP) is 4.21. The summed E-state index contributed by atoms with van der Waals surface area (Å²) < 4.78 is 29.2. The fourth-order valence-electron chi connectivity index (χ4n) is 2.64. The highest BCUT2D eigenvalue weighted by atomic mass is 32.2. The molecule has 0 unspecified atom stereocenters. The molecule has 1 N–H and O–H groups in total. The fourth-order valence-corrected chi connectivity index (χ4v) is 3.78. The van der Waals surface area contributed by atoms with Crippen molar-refractivity contribution in [1.29, 1.82) is 0 Å². The molecule has 0 fully saturated rings. The Morgan fingerprint density at radius 1 is 1.00 bits per heavy atom. The van der Waals surface area contributed by atoms with Crippen molar-refractivity contribution < 1.29 is 8.42 Å². The summed E-state index contributed by atoms with van der Waals surface area (Å²) in [7, 11) is -3.82. The van der Waals surface area contributed by atoms with Crippen molar-refractivity contribution in [2.45, 2.75) is 11.8 Å². The van der Waals surface area contributed by atoms with Gasteiger partial charge in [-0.2, -0.15) is 0 Å². The van der Waals surface area contributed by atoms with Gasteiger partial charge in [0.05, 0.1) is 27.3 Å². The van der Waals surface area contributed by atoms with Gasteiger partial charge in [-0.15, -0.1) is 5.11 Å². The first-order valence-corrected chi connectivity index (χ1v) is 10.6. The molecule has 0 atom stereocenters. The van der Waals surface area contributed by atoms with Crippen LogP contribution in [0.15, 0.2) is 82.2 Å². The number of hydrogen-bond donors (Lipinski definition) is 1. The van der Waals surface area contributed by atoms with E-state index in [0.29, 0.717) is 16.0 Å². The lowest BCUT2D eigenvalue weighted by atomic mass is 10.3. The summed E-state index contributed by atoms with van der Waals surface area (Å²) in [6, 6.07) is 15.0. The first-order valence-electron chi connectivity index (χ1n) is 8.74. The summed E-state index contributed by atoms with van der Waals surface area (Å²) in [5, 5.41) is 8.43. The van der Waals surface area contributed by atoms with Crippen molar-refractivity contribution in [3.63, 3.8) is 0 Å². The molecule has 4 rings (SSSR count). The number of rotatable bonds is 5. The van der Waals surface area contributed by atoms with Gasteiger partial charge in [-0.3, -0.25) is 0 Å². The van der Waals surface area contributed by atoms with Crippen LogP contribution in [0.5, 0.6) is 0 Å². The number of benzene rings is 2. The number of para-hydroxylation sites is 2. The largest absolute Gasteiger partial charge is 0.264 e. The highest BCUT2D eigenvalue weighted by Gasteiger charge is 2.15. The van der Waals surface area contributed by atoms with Crippen LogP contribution in [0.25, 0.3) is 11.0 Å². The number of aromatic nitrogens is 4. The van der Waals surface area contributed by atoms with E-state index in [1.807, 2.05) is 31.2 Å². The minimum absolute atomic E-state index is 0.00410. The van der Waals surface area contributed by atoms with Gasteiger partial charge in [0.1, 0.15) is 0 Å². The SMILES string of the molecule is Cc1nc2ccccc2n(N=Nc2ccc(S(=O)(=O)Nc3ncccn3)cc2)c1=S. The molecule has 4 aromatic rings. The average Bonchev–Trinajstić information content (AvgIpc) is 2.75. The van der Waals surface area contributed by atoms with Crippen LogP contribution in [0.3, 0.4) is 0 Å². The number of sulfonamides is 1. The van der Waals surface area contributed by atoms with Gasteiger partial charge in [0.2, 0.25) is 5.95 Å². The molecule has 0 saturated heterocycles. The summed E-state index contributed by atoms with van der Waals surface area (Å²) in [4.78, 5) is 12.2. The third-order valence-electron chi connectivity index (χ3n) is 4.09. The van der Waals surface area contributed by atoms with Crippen molar-refractivity contribution in [3.05, 3.63) is 77.3 Å². The zero-order valence-corrected chi connectivity index (χ0v) is 17.3. The van der Waals surface area contributed by atoms with Crippen LogP contribution in [-0.4, -0.2) is 28.0 Å². The zero-order valence-electron chi connectivity index (χ0n) is 15.7. The molecular weight excluding hydrogens is 422 g/mol. The molecule has 2 aromatic heterocycles. The molecule has 30 heavy (non-hydrogen) atoms. The molecule has 2 heterocycles. The molecule has 0 radical (unpaired) electrons. The first kappa shape index (κ1) is 19.7. The maximum absolute atomic E-state index is 12.5. The van der Waals surface area contributed by atoms with Crippen molar-refractivity contribution >= 4 is 44.9 Å². The maximum atomic E-state index is 12.5. The van der Waals surface area contributed by atoms with Gasteiger partial charge in [0.25, 0.3) is 10.0 Å². The monoisotopic (exact) mass is 437 g/mol. The van der Waals surface area contributed by atoms with Gasteiger partial charge in [-0.1, -0.05) is 29.6 Å². The van der Waals surface area contributed by atoms with Gasteiger partial charge in [0.15, 0.2) is 4.64 Å². The lowest BCUT2D eigenvalue weighted by Gasteiger charge is -2.07. The Morgan fingerprint density at radius 2 is 1.70 bits per heavy atom. The number of fused-ring (bicyclic) bond motifs is 1. The Labute approximate surface area is 177 Å². The fraction of sp³-hybridized carbons (Fsp3) is 0.0526. The minimum atomic E-state index is -3.82. The van der Waals surface area contributed by atoms with Gasteiger partial charge in [0, 0.05) is 12.4 Å². The smallest absolute Gasteiger partial charge is 0.248 e. The van der Waals surface area contributed by atoms with E-state index in [2.05, 4.69) is 30.0 Å². The lowest BCUT2D eigenvalue weighted by Crippen LogP contribution is -2.14. The molecular formula is C19H15N7O2S2. The summed E-state index contributed by atoms with van der Waals surface area (Å²) in [5.74, 6) is -0.00410. The van der Waals surface area contributed by atoms with Crippen LogP contribution in [-0.2, 0) is 10.0 Å². The van der Waals surface area contributed by atoms with Crippen molar-refractivity contribution in [2.24, 2.45) is 10.3 Å². The van der Waals surface area contributed by atoms with Crippen molar-refractivity contribution in [2.75, 3.05) is 4.72 Å². The van der Waals surface area contributed by atoms with E-state index < -0.39 is 10.0 Å². The van der Waals surface area contributed by atoms with E-state index >= 15 is 0 Å². The van der Waals surface area contributed by atoms with E-state index in [-0.39, 0.29) is 10.8 Å². The molecule has 9 nitrogen and oxygen atoms in total. The molecule has 2 aromatic carbocycles. The third-order valence-corrected chi connectivity index (χ3v) is 5.90. The first-order chi connectivity index (χ1) is 14.4. The van der Waals surface area contributed by atoms with E-state index in [9.17, 15) is 8.42 Å². The molecule has 0 bridgehead atoms. The lowest BCUT2D eigenvalue weighted by molar-refractivity contribution is 0.601. The maximum Gasteiger partial charge on any atom is 0.264 e. The summed E-state index contributed by atoms with van der Waals surface area (Å²) >= 11 is 5.42. The van der Waals surface area contributed by atoms with E-state index in [1.54, 1.807) is 18.2 Å². The number of aryl methyl sites for hydroxylation is 1. The topological polar surface area (TPSA) is 114 Å². The molecule has 0 amide bonds. The van der Waals surface area contributed by atoms with Crippen LogP contribution in [0.2, 0.25) is 0 Å². The van der Waals surface area contributed by atoms with Crippen LogP contribution in [0.1, 0.15) is 5.69 Å². The van der Waals surface area contributed by atoms with E-state index in [0.717, 1.165) is 11.0 Å². The van der Waals surface area contributed by atoms with Crippen LogP contribution < -0.4 is 4.72 Å². The number of hydrogen-bond acceptors (Lipinski definition) is 8. The standard InChI is InChI=1S/C19H15N7O2S2/c1-13-18(29)26(17-6-3-2-5-16(17)22-13)25-23-14-7-9-15(10-8-14)30(27,28)24-19-20-11-4-12-21-19/h2-12H,1H3,(H,20,21,24). The molecule has 0 aliphatic rings. The second-order valence-corrected chi connectivity index (χ2v) is 8.23. The van der Waals surface area contributed by atoms with Gasteiger partial charge < -0.3 is 0 Å². The average molecular weight is 438 g/mol. The minimum Gasteiger partial charge on any atom is -0.248 e.